The molecule has 0 spiro atoms. The number of phenols is 2. The second-order valence-corrected chi connectivity index (χ2v) is 4.64. The summed E-state index contributed by atoms with van der Waals surface area (Å²) >= 11 is 0. The lowest BCUT2D eigenvalue weighted by molar-refractivity contribution is 0.125. The van der Waals surface area contributed by atoms with Crippen LogP contribution in [-0.2, 0) is 0 Å². The van der Waals surface area contributed by atoms with Gasteiger partial charge in [0.15, 0.2) is 11.5 Å². The Kier molecular flexibility index (Phi) is 6.13. The Bertz CT molecular complexity index is 443. The number of likely N-dealkylation sites (N-methyl/N-ethyl adjacent to an activating group) is 1. The number of nitriles is 1. The Morgan fingerprint density at radius 3 is 2.63 bits per heavy atom. The first-order chi connectivity index (χ1) is 9.04. The first kappa shape index (κ1) is 15.3. The number of hydrogen-bond donors (Lipinski definition) is 3. The van der Waals surface area contributed by atoms with E-state index < -0.39 is 6.10 Å². The number of hydrogen-bond acceptors (Lipinski definition) is 5. The van der Waals surface area contributed by atoms with Gasteiger partial charge in [-0.1, -0.05) is 6.07 Å². The van der Waals surface area contributed by atoms with Crippen molar-refractivity contribution >= 4 is 0 Å². The van der Waals surface area contributed by atoms with Crippen LogP contribution in [0.2, 0.25) is 0 Å². The highest BCUT2D eigenvalue weighted by Crippen LogP contribution is 2.27. The van der Waals surface area contributed by atoms with Gasteiger partial charge in [-0.15, -0.1) is 0 Å². The molecule has 0 amide bonds. The van der Waals surface area contributed by atoms with Crippen LogP contribution in [0.5, 0.6) is 11.5 Å². The van der Waals surface area contributed by atoms with Crippen LogP contribution >= 0.6 is 0 Å². The van der Waals surface area contributed by atoms with Crippen molar-refractivity contribution in [3.63, 3.8) is 0 Å². The van der Waals surface area contributed by atoms with Gasteiger partial charge in [-0.3, -0.25) is 0 Å². The number of unbranched alkanes of at least 4 members (excludes halogenated alkanes) is 2. The molecule has 0 aromatic heterocycles. The van der Waals surface area contributed by atoms with E-state index in [2.05, 4.69) is 6.07 Å². The molecule has 0 heterocycles. The lowest BCUT2D eigenvalue weighted by atomic mass is 10.1. The van der Waals surface area contributed by atoms with Crippen molar-refractivity contribution in [3.8, 4) is 17.6 Å². The lowest BCUT2D eigenvalue weighted by Gasteiger charge is -2.20. The first-order valence-electron chi connectivity index (χ1n) is 6.30. The molecule has 1 aromatic carbocycles. The third-order valence-corrected chi connectivity index (χ3v) is 2.95. The van der Waals surface area contributed by atoms with E-state index in [-0.39, 0.29) is 11.5 Å². The van der Waals surface area contributed by atoms with E-state index in [0.29, 0.717) is 18.5 Å². The standard InChI is InChI=1S/C14H20N2O3/c1-16(8-4-2-3-7-15)10-14(19)11-5-6-12(17)13(18)9-11/h5-6,9,14,17-19H,2-4,8,10H2,1H3. The molecule has 1 atom stereocenters. The first-order valence-corrected chi connectivity index (χ1v) is 6.30. The molecule has 0 saturated carbocycles. The number of aromatic hydroxyl groups is 2. The fourth-order valence-electron chi connectivity index (χ4n) is 1.83. The van der Waals surface area contributed by atoms with E-state index >= 15 is 0 Å². The van der Waals surface area contributed by atoms with Crippen molar-refractivity contribution in [1.82, 2.24) is 4.90 Å². The monoisotopic (exact) mass is 264 g/mol. The molecule has 0 aliphatic carbocycles. The number of aliphatic hydroxyl groups excluding tert-OH is 1. The van der Waals surface area contributed by atoms with Gasteiger partial charge in [0.05, 0.1) is 12.2 Å². The van der Waals surface area contributed by atoms with E-state index in [1.807, 2.05) is 11.9 Å². The highest BCUT2D eigenvalue weighted by atomic mass is 16.3. The Hall–Kier alpha value is -1.77. The van der Waals surface area contributed by atoms with Gasteiger partial charge in [-0.05, 0) is 44.1 Å². The average molecular weight is 264 g/mol. The molecule has 0 bridgehead atoms. The summed E-state index contributed by atoms with van der Waals surface area (Å²) in [5.74, 6) is -0.422. The number of benzene rings is 1. The molecular weight excluding hydrogens is 244 g/mol. The third kappa shape index (κ3) is 5.16. The smallest absolute Gasteiger partial charge is 0.157 e. The maximum absolute atomic E-state index is 10.0. The van der Waals surface area contributed by atoms with Crippen LogP contribution in [0.4, 0.5) is 0 Å². The van der Waals surface area contributed by atoms with Gasteiger partial charge in [0, 0.05) is 13.0 Å². The third-order valence-electron chi connectivity index (χ3n) is 2.95. The van der Waals surface area contributed by atoms with E-state index in [0.717, 1.165) is 19.4 Å². The summed E-state index contributed by atoms with van der Waals surface area (Å²) in [5, 5.41) is 37.0. The second kappa shape index (κ2) is 7.62. The fraction of sp³-hybridized carbons (Fsp3) is 0.500. The quantitative estimate of drug-likeness (QED) is 0.516. The van der Waals surface area contributed by atoms with Gasteiger partial charge in [0.25, 0.3) is 0 Å². The molecule has 1 unspecified atom stereocenters. The summed E-state index contributed by atoms with van der Waals surface area (Å²) in [4.78, 5) is 1.98. The molecule has 0 aliphatic heterocycles. The summed E-state index contributed by atoms with van der Waals surface area (Å²) in [7, 11) is 1.90. The van der Waals surface area contributed by atoms with Crippen molar-refractivity contribution in [3.05, 3.63) is 23.8 Å². The fourth-order valence-corrected chi connectivity index (χ4v) is 1.83. The summed E-state index contributed by atoms with van der Waals surface area (Å²) in [6.07, 6.45) is 1.61. The van der Waals surface area contributed by atoms with Crippen LogP contribution < -0.4 is 0 Å². The van der Waals surface area contributed by atoms with Gasteiger partial charge in [0.2, 0.25) is 0 Å². The molecule has 19 heavy (non-hydrogen) atoms. The van der Waals surface area contributed by atoms with Gasteiger partial charge >= 0.3 is 0 Å². The van der Waals surface area contributed by atoms with E-state index in [9.17, 15) is 15.3 Å². The Morgan fingerprint density at radius 1 is 1.26 bits per heavy atom. The van der Waals surface area contributed by atoms with Crippen molar-refractivity contribution in [2.75, 3.05) is 20.1 Å². The molecule has 1 rings (SSSR count). The molecule has 1 aromatic rings. The molecule has 0 saturated heterocycles. The van der Waals surface area contributed by atoms with E-state index in [4.69, 9.17) is 5.26 Å². The van der Waals surface area contributed by atoms with Crippen molar-refractivity contribution in [2.24, 2.45) is 0 Å². The Labute approximate surface area is 113 Å². The predicted molar refractivity (Wildman–Crippen MR) is 71.7 cm³/mol. The molecule has 5 nitrogen and oxygen atoms in total. The summed E-state index contributed by atoms with van der Waals surface area (Å²) in [5.41, 5.74) is 0.569. The number of aliphatic hydroxyl groups is 1. The largest absolute Gasteiger partial charge is 0.504 e. The van der Waals surface area contributed by atoms with Crippen LogP contribution in [0.25, 0.3) is 0 Å². The normalized spacial score (nSPS) is 12.3. The zero-order chi connectivity index (χ0) is 14.3. The lowest BCUT2D eigenvalue weighted by Crippen LogP contribution is -2.25. The predicted octanol–water partition coefficient (Wildman–Crippen LogP) is 1.76. The van der Waals surface area contributed by atoms with Crippen LogP contribution in [0.15, 0.2) is 18.2 Å². The zero-order valence-corrected chi connectivity index (χ0v) is 11.1. The van der Waals surface area contributed by atoms with Gasteiger partial charge in [-0.2, -0.15) is 5.26 Å². The molecule has 5 heteroatoms. The van der Waals surface area contributed by atoms with Crippen molar-refractivity contribution in [2.45, 2.75) is 25.4 Å². The summed E-state index contributed by atoms with van der Waals surface area (Å²) in [6, 6.07) is 6.41. The molecule has 3 N–H and O–H groups in total. The van der Waals surface area contributed by atoms with Crippen LogP contribution in [0, 0.1) is 11.3 Å². The zero-order valence-electron chi connectivity index (χ0n) is 11.1. The molecular formula is C14H20N2O3. The van der Waals surface area contributed by atoms with E-state index in [1.54, 1.807) is 6.07 Å². The summed E-state index contributed by atoms with van der Waals surface area (Å²) < 4.78 is 0. The maximum Gasteiger partial charge on any atom is 0.157 e. The van der Waals surface area contributed by atoms with Gasteiger partial charge < -0.3 is 20.2 Å². The molecule has 0 radical (unpaired) electrons. The highest BCUT2D eigenvalue weighted by molar-refractivity contribution is 5.41. The number of nitrogens with zero attached hydrogens (tertiary/aromatic N) is 2. The minimum absolute atomic E-state index is 0.194. The van der Waals surface area contributed by atoms with Gasteiger partial charge in [0.1, 0.15) is 0 Å². The average Bonchev–Trinajstić information content (AvgIpc) is 2.38. The number of phenolic OH excluding ortho intramolecular Hbond substituents is 2. The topological polar surface area (TPSA) is 87.7 Å². The molecule has 104 valence electrons. The van der Waals surface area contributed by atoms with Crippen LogP contribution in [0.3, 0.4) is 0 Å². The van der Waals surface area contributed by atoms with Crippen molar-refractivity contribution in [1.29, 1.82) is 5.26 Å². The Morgan fingerprint density at radius 2 is 2.00 bits per heavy atom. The molecule has 0 aliphatic rings. The van der Waals surface area contributed by atoms with Crippen molar-refractivity contribution < 1.29 is 15.3 Å². The Balaban J connectivity index is 2.43. The number of rotatable bonds is 7. The minimum Gasteiger partial charge on any atom is -0.504 e. The second-order valence-electron chi connectivity index (χ2n) is 4.64. The van der Waals surface area contributed by atoms with E-state index in [1.165, 1.54) is 12.1 Å². The highest BCUT2D eigenvalue weighted by Gasteiger charge is 2.12. The SMILES string of the molecule is CN(CCCCC#N)CC(O)c1ccc(O)c(O)c1. The van der Waals surface area contributed by atoms with Gasteiger partial charge in [-0.25, -0.2) is 0 Å². The minimum atomic E-state index is -0.715. The summed E-state index contributed by atoms with van der Waals surface area (Å²) in [6.45, 7) is 1.25. The maximum atomic E-state index is 10.0. The van der Waals surface area contributed by atoms with Crippen LogP contribution in [0.1, 0.15) is 30.9 Å². The van der Waals surface area contributed by atoms with Crippen LogP contribution in [-0.4, -0.2) is 40.4 Å². The molecule has 0 fully saturated rings.